The predicted molar refractivity (Wildman–Crippen MR) is 71.5 cm³/mol. The van der Waals surface area contributed by atoms with E-state index >= 15 is 0 Å². The van der Waals surface area contributed by atoms with Crippen LogP contribution in [0.2, 0.25) is 0 Å². The first-order chi connectivity index (χ1) is 10.4. The van der Waals surface area contributed by atoms with Gasteiger partial charge in [-0.2, -0.15) is 5.26 Å². The Balaban J connectivity index is 2.59. The molecule has 0 unspecified atom stereocenters. The van der Waals surface area contributed by atoms with Gasteiger partial charge in [0.1, 0.15) is 17.8 Å². The summed E-state index contributed by atoms with van der Waals surface area (Å²) in [7, 11) is 0. The van der Waals surface area contributed by atoms with Gasteiger partial charge in [-0.3, -0.25) is 20.3 Å². The van der Waals surface area contributed by atoms with Gasteiger partial charge >= 0.3 is 5.69 Å². The quantitative estimate of drug-likeness (QED) is 0.191. The van der Waals surface area contributed by atoms with Crippen molar-refractivity contribution in [2.24, 2.45) is 0 Å². The number of nitro benzene ring substituents is 1. The van der Waals surface area contributed by atoms with Gasteiger partial charge in [-0.15, -0.1) is 0 Å². The van der Waals surface area contributed by atoms with Crippen LogP contribution in [-0.4, -0.2) is 25.3 Å². The second-order valence-corrected chi connectivity index (χ2v) is 4.14. The molecule has 3 N–H and O–H groups in total. The third-order valence-corrected chi connectivity index (χ3v) is 2.73. The van der Waals surface area contributed by atoms with Crippen LogP contribution in [0.4, 0.5) is 5.69 Å². The van der Waals surface area contributed by atoms with Crippen molar-refractivity contribution in [1.29, 1.82) is 5.26 Å². The summed E-state index contributed by atoms with van der Waals surface area (Å²) in [6.07, 6.45) is 4.94. The van der Waals surface area contributed by atoms with E-state index in [1.165, 1.54) is 24.7 Å². The summed E-state index contributed by atoms with van der Waals surface area (Å²) < 4.78 is 0.663. The van der Waals surface area contributed by atoms with Crippen LogP contribution in [0.3, 0.4) is 0 Å². The molecule has 0 radical (unpaired) electrons. The molecule has 9 nitrogen and oxygen atoms in total. The fourth-order valence-electron chi connectivity index (χ4n) is 1.73. The molecule has 0 saturated carbocycles. The molecule has 0 spiro atoms. The highest BCUT2D eigenvalue weighted by Crippen LogP contribution is 2.36. The summed E-state index contributed by atoms with van der Waals surface area (Å²) in [5.74, 6) is -1.56. The molecule has 9 heteroatoms. The highest BCUT2D eigenvalue weighted by Gasteiger charge is 2.20. The molecule has 22 heavy (non-hydrogen) atoms. The molecule has 1 aromatic carbocycles. The summed E-state index contributed by atoms with van der Waals surface area (Å²) in [4.78, 5) is 13.7. The third kappa shape index (κ3) is 2.75. The maximum atomic E-state index is 10.8. The molecule has 1 heterocycles. The predicted octanol–water partition coefficient (Wildman–Crippen LogP) is 0.990. The van der Waals surface area contributed by atoms with E-state index in [9.17, 15) is 25.5 Å². The van der Waals surface area contributed by atoms with Crippen LogP contribution in [0.1, 0.15) is 11.3 Å². The third-order valence-electron chi connectivity index (χ3n) is 2.73. The maximum absolute atomic E-state index is 10.8. The minimum atomic E-state index is -0.866. The van der Waals surface area contributed by atoms with Gasteiger partial charge in [-0.25, -0.2) is 0 Å². The normalized spacial score (nSPS) is 11.0. The van der Waals surface area contributed by atoms with E-state index in [1.54, 1.807) is 0 Å². The van der Waals surface area contributed by atoms with E-state index in [0.717, 1.165) is 12.1 Å². The van der Waals surface area contributed by atoms with Crippen LogP contribution in [0.5, 0.6) is 11.5 Å². The SMILES string of the molecule is N#C/C(=C\c1cc(O)c(O)c([N+](=O)[O-])c1)c1cncc[n+]1O. The van der Waals surface area contributed by atoms with E-state index in [1.807, 2.05) is 6.07 Å². The second kappa shape index (κ2) is 5.76. The Bertz CT molecular complexity index is 826. The number of phenols is 2. The molecule has 0 atom stereocenters. The molecular formula is C13H9N4O5+. The zero-order chi connectivity index (χ0) is 16.3. The zero-order valence-corrected chi connectivity index (χ0v) is 10.9. The van der Waals surface area contributed by atoms with Gasteiger partial charge in [0.15, 0.2) is 5.75 Å². The van der Waals surface area contributed by atoms with Gasteiger partial charge in [-0.1, -0.05) is 0 Å². The Hall–Kier alpha value is -3.67. The average Bonchev–Trinajstić information content (AvgIpc) is 2.48. The molecule has 0 aliphatic carbocycles. The number of hydrogen-bond acceptors (Lipinski definition) is 7. The molecule has 110 valence electrons. The summed E-state index contributed by atoms with van der Waals surface area (Å²) in [6, 6.07) is 3.86. The number of rotatable bonds is 3. The zero-order valence-electron chi connectivity index (χ0n) is 10.9. The molecule has 2 aromatic rings. The number of hydrogen-bond donors (Lipinski definition) is 3. The van der Waals surface area contributed by atoms with Gasteiger partial charge in [0.05, 0.1) is 11.1 Å². The summed E-state index contributed by atoms with van der Waals surface area (Å²) in [5, 5.41) is 48.5. The van der Waals surface area contributed by atoms with E-state index in [2.05, 4.69) is 4.98 Å². The van der Waals surface area contributed by atoms with Gasteiger partial charge in [0, 0.05) is 10.8 Å². The van der Waals surface area contributed by atoms with Crippen LogP contribution >= 0.6 is 0 Å². The van der Waals surface area contributed by atoms with Crippen molar-refractivity contribution in [3.63, 3.8) is 0 Å². The molecule has 2 rings (SSSR count). The molecule has 1 aromatic heterocycles. The molecule has 0 bridgehead atoms. The van der Waals surface area contributed by atoms with Crippen LogP contribution in [0, 0.1) is 21.4 Å². The molecular weight excluding hydrogens is 292 g/mol. The first-order valence-corrected chi connectivity index (χ1v) is 5.81. The van der Waals surface area contributed by atoms with Crippen molar-refractivity contribution >= 4 is 17.3 Å². The number of aromatic hydroxyl groups is 2. The van der Waals surface area contributed by atoms with E-state index < -0.39 is 22.1 Å². The standard InChI is InChI=1S/C13H8N4O5/c14-6-9(11-7-15-1-2-16(11)20)3-8-4-10(17(21)22)13(19)12(18)5-8/h1-5,7,20H,(H,15,18)/p+1. The Morgan fingerprint density at radius 3 is 2.77 bits per heavy atom. The number of benzene rings is 1. The number of nitrogens with zero attached hydrogens (tertiary/aromatic N) is 4. The number of allylic oxidation sites excluding steroid dienone is 1. The number of nitriles is 1. The maximum Gasteiger partial charge on any atom is 0.315 e. The monoisotopic (exact) mass is 301 g/mol. The van der Waals surface area contributed by atoms with E-state index in [0.29, 0.717) is 4.73 Å². The first kappa shape index (κ1) is 14.7. The lowest BCUT2D eigenvalue weighted by molar-refractivity contribution is -0.906. The average molecular weight is 301 g/mol. The van der Waals surface area contributed by atoms with Crippen molar-refractivity contribution in [2.75, 3.05) is 0 Å². The Kier molecular flexibility index (Phi) is 3.86. The first-order valence-electron chi connectivity index (χ1n) is 5.81. The summed E-state index contributed by atoms with van der Waals surface area (Å²) in [5.41, 5.74) is -0.593. The molecule has 0 aliphatic rings. The van der Waals surface area contributed by atoms with Gasteiger partial charge in [-0.05, 0) is 17.7 Å². The van der Waals surface area contributed by atoms with Crippen LogP contribution in [-0.2, 0) is 0 Å². The Morgan fingerprint density at radius 1 is 1.45 bits per heavy atom. The second-order valence-electron chi connectivity index (χ2n) is 4.14. The van der Waals surface area contributed by atoms with Crippen molar-refractivity contribution in [3.8, 4) is 17.6 Å². The Morgan fingerprint density at radius 2 is 2.18 bits per heavy atom. The largest absolute Gasteiger partial charge is 0.504 e. The summed E-state index contributed by atoms with van der Waals surface area (Å²) >= 11 is 0. The van der Waals surface area contributed by atoms with Crippen molar-refractivity contribution in [3.05, 3.63) is 52.1 Å². The van der Waals surface area contributed by atoms with Crippen LogP contribution in [0.15, 0.2) is 30.7 Å². The smallest absolute Gasteiger partial charge is 0.315 e. The highest BCUT2D eigenvalue weighted by molar-refractivity contribution is 5.88. The fourth-order valence-corrected chi connectivity index (χ4v) is 1.73. The molecule has 0 amide bonds. The van der Waals surface area contributed by atoms with Crippen molar-refractivity contribution < 1.29 is 25.1 Å². The number of nitro groups is 1. The fraction of sp³-hybridized carbons (Fsp3) is 0. The van der Waals surface area contributed by atoms with E-state index in [4.69, 9.17) is 5.26 Å². The van der Waals surface area contributed by atoms with Crippen LogP contribution < -0.4 is 4.73 Å². The van der Waals surface area contributed by atoms with Crippen molar-refractivity contribution in [1.82, 2.24) is 4.98 Å². The Labute approximate surface area is 123 Å². The minimum Gasteiger partial charge on any atom is -0.504 e. The van der Waals surface area contributed by atoms with Gasteiger partial charge < -0.3 is 10.2 Å². The molecule has 0 aliphatic heterocycles. The topological polar surface area (TPSA) is 144 Å². The lowest BCUT2D eigenvalue weighted by atomic mass is 10.1. The molecule has 0 fully saturated rings. The highest BCUT2D eigenvalue weighted by atomic mass is 16.6. The number of phenolic OH excluding ortho intramolecular Hbond substituents is 2. The summed E-state index contributed by atoms with van der Waals surface area (Å²) in [6.45, 7) is 0. The van der Waals surface area contributed by atoms with Crippen molar-refractivity contribution in [2.45, 2.75) is 0 Å². The lowest BCUT2D eigenvalue weighted by Gasteiger charge is -2.01. The molecule has 0 saturated heterocycles. The lowest BCUT2D eigenvalue weighted by Crippen LogP contribution is -2.34. The minimum absolute atomic E-state index is 0.0463. The van der Waals surface area contributed by atoms with E-state index in [-0.39, 0.29) is 16.8 Å². The number of aromatic nitrogens is 2. The van der Waals surface area contributed by atoms with Gasteiger partial charge in [0.2, 0.25) is 11.9 Å². The van der Waals surface area contributed by atoms with Crippen LogP contribution in [0.25, 0.3) is 11.6 Å². The van der Waals surface area contributed by atoms with Gasteiger partial charge in [0.25, 0.3) is 5.69 Å².